The maximum absolute atomic E-state index is 5.46. The molecule has 4 rings (SSSR count). The van der Waals surface area contributed by atoms with Crippen molar-refractivity contribution in [2.45, 2.75) is 38.3 Å². The predicted molar refractivity (Wildman–Crippen MR) is 63.6 cm³/mol. The van der Waals surface area contributed by atoms with Gasteiger partial charge in [0, 0.05) is 23.7 Å². The third-order valence-electron chi connectivity index (χ3n) is 3.57. The second kappa shape index (κ2) is 3.47. The molecule has 0 amide bonds. The van der Waals surface area contributed by atoms with Crippen LogP contribution in [-0.2, 0) is 19.4 Å². The number of furan rings is 1. The van der Waals surface area contributed by atoms with Crippen LogP contribution < -0.4 is 5.32 Å². The van der Waals surface area contributed by atoms with Crippen molar-refractivity contribution in [2.75, 3.05) is 0 Å². The Hall–Kier alpha value is -1.55. The number of nitrogens with zero attached hydrogens (tertiary/aromatic N) is 1. The Bertz CT molecular complexity index is 551. The number of rotatable bonds is 3. The molecule has 0 aromatic carbocycles. The van der Waals surface area contributed by atoms with Crippen molar-refractivity contribution < 1.29 is 4.42 Å². The molecule has 4 heteroatoms. The van der Waals surface area contributed by atoms with E-state index in [-0.39, 0.29) is 0 Å². The molecule has 0 radical (unpaired) electrons. The van der Waals surface area contributed by atoms with E-state index in [4.69, 9.17) is 4.42 Å². The standard InChI is InChI=1S/C13H15N3O/c1-2-8(1)14-7-12-15-10-3-4-11-9(5-6-17-11)13(10)16-12/h5-6,8,14H,1-4,7H2,(H,15,16). The average Bonchev–Trinajstić information content (AvgIpc) is 2.90. The second-order valence-corrected chi connectivity index (χ2v) is 4.92. The number of fused-ring (bicyclic) bond motifs is 3. The second-order valence-electron chi connectivity index (χ2n) is 4.92. The molecule has 2 heterocycles. The molecule has 2 aromatic heterocycles. The molecule has 0 saturated heterocycles. The van der Waals surface area contributed by atoms with Crippen molar-refractivity contribution in [3.05, 3.63) is 29.6 Å². The zero-order valence-electron chi connectivity index (χ0n) is 9.62. The summed E-state index contributed by atoms with van der Waals surface area (Å²) in [4.78, 5) is 8.12. The molecule has 0 aliphatic heterocycles. The average molecular weight is 229 g/mol. The number of hydrogen-bond acceptors (Lipinski definition) is 3. The van der Waals surface area contributed by atoms with Crippen molar-refractivity contribution in [2.24, 2.45) is 0 Å². The number of imidazole rings is 1. The van der Waals surface area contributed by atoms with Gasteiger partial charge in [0.05, 0.1) is 18.5 Å². The third-order valence-corrected chi connectivity index (χ3v) is 3.57. The smallest absolute Gasteiger partial charge is 0.121 e. The van der Waals surface area contributed by atoms with E-state index in [1.165, 1.54) is 24.1 Å². The van der Waals surface area contributed by atoms with E-state index in [1.807, 2.05) is 6.07 Å². The van der Waals surface area contributed by atoms with E-state index < -0.39 is 0 Å². The minimum atomic E-state index is 0.724. The number of nitrogens with one attached hydrogen (secondary N) is 2. The summed E-state index contributed by atoms with van der Waals surface area (Å²) in [5.74, 6) is 2.13. The van der Waals surface area contributed by atoms with Gasteiger partial charge in [-0.1, -0.05) is 0 Å². The summed E-state index contributed by atoms with van der Waals surface area (Å²) < 4.78 is 5.46. The summed E-state index contributed by atoms with van der Waals surface area (Å²) in [5, 5.41) is 3.48. The first-order valence-corrected chi connectivity index (χ1v) is 6.28. The van der Waals surface area contributed by atoms with Crippen molar-refractivity contribution in [3.63, 3.8) is 0 Å². The SMILES string of the molecule is c1cc2c(o1)CCc1[nH]c(CNC3CC3)nc1-2. The van der Waals surface area contributed by atoms with Crippen LogP contribution in [0.4, 0.5) is 0 Å². The van der Waals surface area contributed by atoms with Gasteiger partial charge in [-0.2, -0.15) is 0 Å². The Labute approximate surface area is 99.4 Å². The summed E-state index contributed by atoms with van der Waals surface area (Å²) in [6, 6.07) is 2.74. The van der Waals surface area contributed by atoms with Crippen LogP contribution in [-0.4, -0.2) is 16.0 Å². The zero-order valence-corrected chi connectivity index (χ0v) is 9.62. The van der Waals surface area contributed by atoms with Gasteiger partial charge in [-0.25, -0.2) is 4.98 Å². The van der Waals surface area contributed by atoms with Crippen LogP contribution in [0, 0.1) is 0 Å². The number of aromatic nitrogens is 2. The molecule has 1 fully saturated rings. The monoisotopic (exact) mass is 229 g/mol. The number of H-pyrrole nitrogens is 1. The minimum Gasteiger partial charge on any atom is -0.469 e. The number of aryl methyl sites for hydroxylation is 2. The Morgan fingerprint density at radius 1 is 1.41 bits per heavy atom. The lowest BCUT2D eigenvalue weighted by atomic mass is 10.00. The third kappa shape index (κ3) is 1.60. The molecule has 0 bridgehead atoms. The molecule has 2 aromatic rings. The molecule has 2 aliphatic rings. The van der Waals surface area contributed by atoms with E-state index in [9.17, 15) is 0 Å². The highest BCUT2D eigenvalue weighted by atomic mass is 16.3. The molecule has 4 nitrogen and oxygen atoms in total. The van der Waals surface area contributed by atoms with Crippen LogP contribution >= 0.6 is 0 Å². The van der Waals surface area contributed by atoms with Crippen molar-refractivity contribution in [1.82, 2.24) is 15.3 Å². The van der Waals surface area contributed by atoms with Crippen LogP contribution in [0.5, 0.6) is 0 Å². The normalized spacial score (nSPS) is 17.9. The van der Waals surface area contributed by atoms with Gasteiger partial charge in [0.15, 0.2) is 0 Å². The molecular weight excluding hydrogens is 214 g/mol. The maximum Gasteiger partial charge on any atom is 0.121 e. The summed E-state index contributed by atoms with van der Waals surface area (Å²) in [5.41, 5.74) is 3.51. The van der Waals surface area contributed by atoms with Gasteiger partial charge in [-0.05, 0) is 25.3 Å². The largest absolute Gasteiger partial charge is 0.469 e. The van der Waals surface area contributed by atoms with Crippen LogP contribution in [0.25, 0.3) is 11.3 Å². The molecule has 0 unspecified atom stereocenters. The van der Waals surface area contributed by atoms with E-state index in [1.54, 1.807) is 6.26 Å². The zero-order chi connectivity index (χ0) is 11.2. The maximum atomic E-state index is 5.46. The first kappa shape index (κ1) is 9.48. The van der Waals surface area contributed by atoms with E-state index >= 15 is 0 Å². The van der Waals surface area contributed by atoms with Crippen LogP contribution in [0.15, 0.2) is 16.7 Å². The molecule has 0 spiro atoms. The molecule has 2 N–H and O–H groups in total. The topological polar surface area (TPSA) is 53.9 Å². The predicted octanol–water partition coefficient (Wildman–Crippen LogP) is 2.02. The molecule has 0 atom stereocenters. The van der Waals surface area contributed by atoms with Gasteiger partial charge in [0.2, 0.25) is 0 Å². The summed E-state index contributed by atoms with van der Waals surface area (Å²) in [6.07, 6.45) is 6.37. The van der Waals surface area contributed by atoms with Crippen molar-refractivity contribution in [3.8, 4) is 11.3 Å². The number of hydrogen-bond donors (Lipinski definition) is 2. The van der Waals surface area contributed by atoms with Gasteiger partial charge in [-0.3, -0.25) is 0 Å². The fourth-order valence-corrected chi connectivity index (χ4v) is 2.46. The Kier molecular flexibility index (Phi) is 1.93. The van der Waals surface area contributed by atoms with Gasteiger partial charge in [0.1, 0.15) is 11.6 Å². The molecule has 88 valence electrons. The Balaban J connectivity index is 1.64. The van der Waals surface area contributed by atoms with Crippen molar-refractivity contribution in [1.29, 1.82) is 0 Å². The fraction of sp³-hybridized carbons (Fsp3) is 0.462. The highest BCUT2D eigenvalue weighted by Gasteiger charge is 2.24. The first-order chi connectivity index (χ1) is 8.40. The Morgan fingerprint density at radius 3 is 3.24 bits per heavy atom. The molecule has 1 saturated carbocycles. The lowest BCUT2D eigenvalue weighted by Crippen LogP contribution is -2.16. The van der Waals surface area contributed by atoms with Crippen LogP contribution in [0.3, 0.4) is 0 Å². The van der Waals surface area contributed by atoms with Gasteiger partial charge in [0.25, 0.3) is 0 Å². The lowest BCUT2D eigenvalue weighted by molar-refractivity contribution is 0.506. The molecular formula is C13H15N3O. The van der Waals surface area contributed by atoms with Gasteiger partial charge < -0.3 is 14.7 Å². The number of aromatic amines is 1. The van der Waals surface area contributed by atoms with Crippen LogP contribution in [0.2, 0.25) is 0 Å². The Morgan fingerprint density at radius 2 is 2.35 bits per heavy atom. The van der Waals surface area contributed by atoms with E-state index in [2.05, 4.69) is 15.3 Å². The van der Waals surface area contributed by atoms with Crippen LogP contribution in [0.1, 0.15) is 30.1 Å². The van der Waals surface area contributed by atoms with Crippen molar-refractivity contribution >= 4 is 0 Å². The van der Waals surface area contributed by atoms with Gasteiger partial charge in [-0.15, -0.1) is 0 Å². The van der Waals surface area contributed by atoms with Gasteiger partial charge >= 0.3 is 0 Å². The highest BCUT2D eigenvalue weighted by molar-refractivity contribution is 5.66. The van der Waals surface area contributed by atoms with E-state index in [0.29, 0.717) is 0 Å². The molecule has 2 aliphatic carbocycles. The summed E-state index contributed by atoms with van der Waals surface area (Å²) in [6.45, 7) is 0.852. The quantitative estimate of drug-likeness (QED) is 0.846. The summed E-state index contributed by atoms with van der Waals surface area (Å²) in [7, 11) is 0. The summed E-state index contributed by atoms with van der Waals surface area (Å²) >= 11 is 0. The fourth-order valence-electron chi connectivity index (χ4n) is 2.46. The van der Waals surface area contributed by atoms with E-state index in [0.717, 1.165) is 42.7 Å². The lowest BCUT2D eigenvalue weighted by Gasteiger charge is -2.08. The first-order valence-electron chi connectivity index (χ1n) is 6.28. The minimum absolute atomic E-state index is 0.724. The molecule has 17 heavy (non-hydrogen) atoms. The highest BCUT2D eigenvalue weighted by Crippen LogP contribution is 2.32.